The van der Waals surface area contributed by atoms with Gasteiger partial charge in [0.2, 0.25) is 0 Å². The summed E-state index contributed by atoms with van der Waals surface area (Å²) in [5, 5.41) is 22.0. The molecule has 0 bridgehead atoms. The van der Waals surface area contributed by atoms with Gasteiger partial charge in [0.25, 0.3) is 0 Å². The van der Waals surface area contributed by atoms with Crippen LogP contribution in [-0.4, -0.2) is 32.6 Å². The number of aliphatic hydroxyl groups is 2. The predicted octanol–water partition coefficient (Wildman–Crippen LogP) is -1.23. The van der Waals surface area contributed by atoms with Gasteiger partial charge >= 0.3 is 0 Å². The van der Waals surface area contributed by atoms with Crippen molar-refractivity contribution in [3.63, 3.8) is 0 Å². The Labute approximate surface area is 70.4 Å². The van der Waals surface area contributed by atoms with Crippen molar-refractivity contribution in [1.29, 1.82) is 0 Å². The lowest BCUT2D eigenvalue weighted by Gasteiger charge is -2.13. The van der Waals surface area contributed by atoms with E-state index in [1.807, 2.05) is 0 Å². The maximum absolute atomic E-state index is 9.46. The lowest BCUT2D eigenvalue weighted by molar-refractivity contribution is 0.109. The molecule has 0 aromatic carbocycles. The lowest BCUT2D eigenvalue weighted by atomic mass is 10.1. The Balaban J connectivity index is 2.70. The van der Waals surface area contributed by atoms with Crippen molar-refractivity contribution in [3.05, 3.63) is 18.0 Å². The lowest BCUT2D eigenvalue weighted by Crippen LogP contribution is -2.31. The Bertz CT molecular complexity index is 249. The molecule has 2 atom stereocenters. The summed E-state index contributed by atoms with van der Waals surface area (Å²) >= 11 is 0. The van der Waals surface area contributed by atoms with Crippen LogP contribution in [0.5, 0.6) is 0 Å². The molecule has 0 spiro atoms. The second-order valence-corrected chi connectivity index (χ2v) is 2.74. The van der Waals surface area contributed by atoms with Crippen LogP contribution in [0.4, 0.5) is 0 Å². The van der Waals surface area contributed by atoms with Crippen LogP contribution in [0.3, 0.4) is 0 Å². The molecule has 4 N–H and O–H groups in total. The summed E-state index contributed by atoms with van der Waals surface area (Å²) in [5.74, 6) is 0. The zero-order chi connectivity index (χ0) is 9.14. The molecule has 0 aliphatic carbocycles. The first kappa shape index (κ1) is 9.18. The molecular formula is C7H13N3O2. The van der Waals surface area contributed by atoms with Gasteiger partial charge in [0.1, 0.15) is 0 Å². The third-order valence-electron chi connectivity index (χ3n) is 1.68. The second kappa shape index (κ2) is 3.66. The summed E-state index contributed by atoms with van der Waals surface area (Å²) in [6, 6.07) is -0.644. The van der Waals surface area contributed by atoms with E-state index in [1.54, 1.807) is 17.9 Å². The first-order valence-electron chi connectivity index (χ1n) is 3.68. The minimum Gasteiger partial charge on any atom is -0.395 e. The third kappa shape index (κ3) is 1.82. The van der Waals surface area contributed by atoms with Crippen LogP contribution >= 0.6 is 0 Å². The first-order chi connectivity index (χ1) is 5.65. The van der Waals surface area contributed by atoms with E-state index < -0.39 is 12.1 Å². The van der Waals surface area contributed by atoms with Crippen LogP contribution in [0.15, 0.2) is 12.4 Å². The molecule has 0 amide bonds. The molecule has 0 fully saturated rings. The van der Waals surface area contributed by atoms with Crippen molar-refractivity contribution < 1.29 is 10.2 Å². The third-order valence-corrected chi connectivity index (χ3v) is 1.68. The number of hydrogen-bond acceptors (Lipinski definition) is 4. The van der Waals surface area contributed by atoms with Crippen molar-refractivity contribution in [2.45, 2.75) is 12.1 Å². The zero-order valence-electron chi connectivity index (χ0n) is 6.88. The van der Waals surface area contributed by atoms with Crippen LogP contribution in [-0.2, 0) is 7.05 Å². The summed E-state index contributed by atoms with van der Waals surface area (Å²) < 4.78 is 1.57. The van der Waals surface area contributed by atoms with Gasteiger partial charge in [-0.2, -0.15) is 5.10 Å². The van der Waals surface area contributed by atoms with Gasteiger partial charge in [0, 0.05) is 18.8 Å². The highest BCUT2D eigenvalue weighted by atomic mass is 16.3. The number of hydrogen-bond donors (Lipinski definition) is 3. The Morgan fingerprint density at radius 2 is 2.42 bits per heavy atom. The highest BCUT2D eigenvalue weighted by Gasteiger charge is 2.16. The van der Waals surface area contributed by atoms with Gasteiger partial charge in [-0.25, -0.2) is 0 Å². The Hall–Kier alpha value is -0.910. The largest absolute Gasteiger partial charge is 0.395 e. The molecule has 1 aromatic heterocycles. The quantitative estimate of drug-likeness (QED) is 0.532. The summed E-state index contributed by atoms with van der Waals surface area (Å²) in [6.07, 6.45) is 2.35. The minimum atomic E-state index is -0.844. The van der Waals surface area contributed by atoms with Crippen LogP contribution in [0.1, 0.15) is 11.7 Å². The number of nitrogens with two attached hydrogens (primary N) is 1. The first-order valence-corrected chi connectivity index (χ1v) is 3.68. The van der Waals surface area contributed by atoms with Crippen molar-refractivity contribution >= 4 is 0 Å². The molecule has 1 aromatic rings. The normalized spacial score (nSPS) is 16.0. The topological polar surface area (TPSA) is 84.3 Å². The van der Waals surface area contributed by atoms with E-state index in [1.165, 1.54) is 6.20 Å². The summed E-state index contributed by atoms with van der Waals surface area (Å²) in [6.45, 7) is -0.240. The number of nitrogens with zero attached hydrogens (tertiary/aromatic N) is 2. The molecule has 1 rings (SSSR count). The molecule has 0 radical (unpaired) electrons. The van der Waals surface area contributed by atoms with Crippen LogP contribution < -0.4 is 5.73 Å². The van der Waals surface area contributed by atoms with Gasteiger partial charge in [-0.05, 0) is 0 Å². The van der Waals surface area contributed by atoms with Crippen molar-refractivity contribution in [2.24, 2.45) is 12.8 Å². The summed E-state index contributed by atoms with van der Waals surface area (Å²) in [4.78, 5) is 0. The van der Waals surface area contributed by atoms with Crippen LogP contribution in [0.25, 0.3) is 0 Å². The Morgan fingerprint density at radius 1 is 1.75 bits per heavy atom. The SMILES string of the molecule is Cn1cc(C(O)C(N)CO)cn1. The molecule has 0 saturated carbocycles. The molecule has 5 nitrogen and oxygen atoms in total. The van der Waals surface area contributed by atoms with E-state index in [-0.39, 0.29) is 6.61 Å². The van der Waals surface area contributed by atoms with E-state index in [0.29, 0.717) is 5.56 Å². The average molecular weight is 171 g/mol. The number of aromatic nitrogens is 2. The fraction of sp³-hybridized carbons (Fsp3) is 0.571. The van der Waals surface area contributed by atoms with Gasteiger partial charge in [-0.1, -0.05) is 0 Å². The number of aliphatic hydroxyl groups excluding tert-OH is 2. The summed E-state index contributed by atoms with van der Waals surface area (Å²) in [7, 11) is 1.75. The Kier molecular flexibility index (Phi) is 2.80. The van der Waals surface area contributed by atoms with Gasteiger partial charge in [0.05, 0.1) is 24.9 Å². The number of aryl methyl sites for hydroxylation is 1. The molecule has 0 aliphatic heterocycles. The summed E-state index contributed by atoms with van der Waals surface area (Å²) in [5.41, 5.74) is 6.04. The Morgan fingerprint density at radius 3 is 2.83 bits per heavy atom. The van der Waals surface area contributed by atoms with Gasteiger partial charge in [0.15, 0.2) is 0 Å². The van der Waals surface area contributed by atoms with Gasteiger partial charge < -0.3 is 15.9 Å². The van der Waals surface area contributed by atoms with Crippen molar-refractivity contribution in [2.75, 3.05) is 6.61 Å². The highest BCUT2D eigenvalue weighted by molar-refractivity contribution is 5.09. The maximum atomic E-state index is 9.46. The standard InChI is InChI=1S/C7H13N3O2/c1-10-3-5(2-9-10)7(12)6(8)4-11/h2-3,6-7,11-12H,4,8H2,1H3. The molecule has 0 saturated heterocycles. The maximum Gasteiger partial charge on any atom is 0.0993 e. The van der Waals surface area contributed by atoms with E-state index in [4.69, 9.17) is 10.8 Å². The van der Waals surface area contributed by atoms with Gasteiger partial charge in [-0.15, -0.1) is 0 Å². The van der Waals surface area contributed by atoms with E-state index in [2.05, 4.69) is 5.10 Å². The van der Waals surface area contributed by atoms with E-state index >= 15 is 0 Å². The molecule has 1 heterocycles. The number of rotatable bonds is 3. The molecule has 0 aliphatic rings. The fourth-order valence-electron chi connectivity index (χ4n) is 0.940. The van der Waals surface area contributed by atoms with Crippen LogP contribution in [0, 0.1) is 0 Å². The molecule has 12 heavy (non-hydrogen) atoms. The van der Waals surface area contributed by atoms with Crippen LogP contribution in [0.2, 0.25) is 0 Å². The van der Waals surface area contributed by atoms with Gasteiger partial charge in [-0.3, -0.25) is 4.68 Å². The predicted molar refractivity (Wildman–Crippen MR) is 43.2 cm³/mol. The van der Waals surface area contributed by atoms with E-state index in [0.717, 1.165) is 0 Å². The fourth-order valence-corrected chi connectivity index (χ4v) is 0.940. The van der Waals surface area contributed by atoms with Crippen molar-refractivity contribution in [1.82, 2.24) is 9.78 Å². The smallest absolute Gasteiger partial charge is 0.0993 e. The van der Waals surface area contributed by atoms with Crippen molar-refractivity contribution in [3.8, 4) is 0 Å². The molecule has 68 valence electrons. The molecule has 2 unspecified atom stereocenters. The minimum absolute atomic E-state index is 0.240. The highest BCUT2D eigenvalue weighted by Crippen LogP contribution is 2.13. The monoisotopic (exact) mass is 171 g/mol. The van der Waals surface area contributed by atoms with E-state index in [9.17, 15) is 5.11 Å². The molecule has 5 heteroatoms. The second-order valence-electron chi connectivity index (χ2n) is 2.74. The average Bonchev–Trinajstić information content (AvgIpc) is 2.49. The molecular weight excluding hydrogens is 158 g/mol. The zero-order valence-corrected chi connectivity index (χ0v) is 6.88.